The van der Waals surface area contributed by atoms with E-state index in [-0.39, 0.29) is 6.04 Å². The average molecular weight is 279 g/mol. The Balaban J connectivity index is 2.37. The fraction of sp³-hybridized carbons (Fsp3) is 0.231. The molecule has 0 bridgehead atoms. The molecule has 2 rings (SSSR count). The maximum Gasteiger partial charge on any atom is 0.137 e. The lowest BCUT2D eigenvalue weighted by Gasteiger charge is -2.18. The van der Waals surface area contributed by atoms with Gasteiger partial charge in [-0.3, -0.25) is 15.8 Å². The van der Waals surface area contributed by atoms with E-state index in [2.05, 4.69) is 15.4 Å². The summed E-state index contributed by atoms with van der Waals surface area (Å²) in [5.41, 5.74) is 4.46. The molecule has 2 aromatic rings. The van der Waals surface area contributed by atoms with E-state index < -0.39 is 0 Å². The van der Waals surface area contributed by atoms with Crippen molar-refractivity contribution >= 4 is 11.6 Å². The number of ether oxygens (including phenoxy) is 1. The second kappa shape index (κ2) is 6.47. The summed E-state index contributed by atoms with van der Waals surface area (Å²) < 4.78 is 5.43. The number of rotatable bonds is 5. The minimum atomic E-state index is -0.261. The minimum Gasteiger partial charge on any atom is -0.492 e. The van der Waals surface area contributed by atoms with Crippen molar-refractivity contribution in [2.75, 3.05) is 6.61 Å². The van der Waals surface area contributed by atoms with Crippen molar-refractivity contribution in [3.63, 3.8) is 0 Å². The molecule has 0 aliphatic carbocycles. The molecule has 0 aliphatic heterocycles. The first-order valence-corrected chi connectivity index (χ1v) is 6.27. The number of hydrogen-bond donors (Lipinski definition) is 2. The third kappa shape index (κ3) is 3.20. The largest absolute Gasteiger partial charge is 0.492 e. The SMILES string of the molecule is CCOc1cncc(C(NN)c2ccncc2Cl)c1. The van der Waals surface area contributed by atoms with Crippen molar-refractivity contribution in [2.45, 2.75) is 13.0 Å². The number of nitrogens with zero attached hydrogens (tertiary/aromatic N) is 2. The second-order valence-electron chi connectivity index (χ2n) is 3.88. The normalized spacial score (nSPS) is 12.2. The van der Waals surface area contributed by atoms with Gasteiger partial charge < -0.3 is 4.74 Å². The van der Waals surface area contributed by atoms with Gasteiger partial charge in [0.25, 0.3) is 0 Å². The third-order valence-electron chi connectivity index (χ3n) is 2.66. The molecule has 0 fully saturated rings. The number of nitrogens with one attached hydrogen (secondary N) is 1. The van der Waals surface area contributed by atoms with E-state index in [1.165, 1.54) is 0 Å². The van der Waals surface area contributed by atoms with E-state index in [0.717, 1.165) is 11.1 Å². The summed E-state index contributed by atoms with van der Waals surface area (Å²) in [6.45, 7) is 2.51. The highest BCUT2D eigenvalue weighted by Gasteiger charge is 2.16. The first-order valence-electron chi connectivity index (χ1n) is 5.89. The van der Waals surface area contributed by atoms with Crippen molar-refractivity contribution in [2.24, 2.45) is 5.84 Å². The van der Waals surface area contributed by atoms with Crippen LogP contribution >= 0.6 is 11.6 Å². The molecule has 1 unspecified atom stereocenters. The molecule has 0 spiro atoms. The summed E-state index contributed by atoms with van der Waals surface area (Å²) in [7, 11) is 0. The molecule has 2 aromatic heterocycles. The lowest BCUT2D eigenvalue weighted by molar-refractivity contribution is 0.338. The number of aromatic nitrogens is 2. The van der Waals surface area contributed by atoms with Crippen LogP contribution in [0.15, 0.2) is 36.9 Å². The molecule has 19 heavy (non-hydrogen) atoms. The molecule has 0 aliphatic rings. The Morgan fingerprint density at radius 2 is 2.21 bits per heavy atom. The van der Waals surface area contributed by atoms with Gasteiger partial charge in [0.15, 0.2) is 0 Å². The molecule has 0 saturated carbocycles. The monoisotopic (exact) mass is 278 g/mol. The van der Waals surface area contributed by atoms with Gasteiger partial charge in [-0.2, -0.15) is 0 Å². The number of pyridine rings is 2. The van der Waals surface area contributed by atoms with Gasteiger partial charge in [0.2, 0.25) is 0 Å². The molecular weight excluding hydrogens is 264 g/mol. The predicted molar refractivity (Wildman–Crippen MR) is 73.8 cm³/mol. The zero-order valence-electron chi connectivity index (χ0n) is 10.5. The molecule has 3 N–H and O–H groups in total. The van der Waals surface area contributed by atoms with Crippen LogP contribution in [0.25, 0.3) is 0 Å². The van der Waals surface area contributed by atoms with E-state index in [9.17, 15) is 0 Å². The maximum atomic E-state index is 6.14. The summed E-state index contributed by atoms with van der Waals surface area (Å²) in [4.78, 5) is 8.11. The van der Waals surface area contributed by atoms with Gasteiger partial charge in [-0.25, -0.2) is 5.43 Å². The molecule has 0 saturated heterocycles. The highest BCUT2D eigenvalue weighted by Crippen LogP contribution is 2.28. The molecule has 0 aromatic carbocycles. The highest BCUT2D eigenvalue weighted by atomic mass is 35.5. The molecule has 1 atom stereocenters. The molecule has 5 nitrogen and oxygen atoms in total. The third-order valence-corrected chi connectivity index (χ3v) is 2.98. The quantitative estimate of drug-likeness (QED) is 0.647. The summed E-state index contributed by atoms with van der Waals surface area (Å²) in [5.74, 6) is 6.33. The van der Waals surface area contributed by atoms with Crippen molar-refractivity contribution in [1.29, 1.82) is 0 Å². The highest BCUT2D eigenvalue weighted by molar-refractivity contribution is 6.31. The van der Waals surface area contributed by atoms with Crippen molar-refractivity contribution in [3.8, 4) is 5.75 Å². The van der Waals surface area contributed by atoms with Crippen LogP contribution in [0.4, 0.5) is 0 Å². The Morgan fingerprint density at radius 1 is 1.37 bits per heavy atom. The number of nitrogens with two attached hydrogens (primary N) is 1. The zero-order chi connectivity index (χ0) is 13.7. The van der Waals surface area contributed by atoms with Crippen molar-refractivity contribution in [3.05, 3.63) is 53.1 Å². The number of hydrazine groups is 1. The van der Waals surface area contributed by atoms with E-state index in [1.807, 2.05) is 19.1 Å². The molecule has 6 heteroatoms. The van der Waals surface area contributed by atoms with Gasteiger partial charge in [-0.05, 0) is 30.2 Å². The second-order valence-corrected chi connectivity index (χ2v) is 4.29. The van der Waals surface area contributed by atoms with Gasteiger partial charge in [-0.15, -0.1) is 0 Å². The fourth-order valence-electron chi connectivity index (χ4n) is 1.82. The van der Waals surface area contributed by atoms with Crippen LogP contribution in [-0.2, 0) is 0 Å². The zero-order valence-corrected chi connectivity index (χ0v) is 11.3. The Kier molecular flexibility index (Phi) is 4.68. The van der Waals surface area contributed by atoms with E-state index in [0.29, 0.717) is 17.4 Å². The van der Waals surface area contributed by atoms with Gasteiger partial charge in [0.1, 0.15) is 5.75 Å². The Morgan fingerprint density at radius 3 is 2.89 bits per heavy atom. The Bertz CT molecular complexity index is 550. The van der Waals surface area contributed by atoms with Gasteiger partial charge in [0.05, 0.1) is 23.9 Å². The summed E-state index contributed by atoms with van der Waals surface area (Å²) in [5, 5.41) is 0.548. The van der Waals surface area contributed by atoms with E-state index >= 15 is 0 Å². The van der Waals surface area contributed by atoms with Crippen LogP contribution in [0, 0.1) is 0 Å². The molecule has 100 valence electrons. The van der Waals surface area contributed by atoms with E-state index in [1.54, 1.807) is 24.8 Å². The van der Waals surface area contributed by atoms with Gasteiger partial charge in [-0.1, -0.05) is 11.6 Å². The smallest absolute Gasteiger partial charge is 0.137 e. The summed E-state index contributed by atoms with van der Waals surface area (Å²) in [6, 6.07) is 3.45. The Hall–Kier alpha value is -1.69. The lowest BCUT2D eigenvalue weighted by atomic mass is 10.0. The molecule has 2 heterocycles. The topological polar surface area (TPSA) is 73.1 Å². The van der Waals surface area contributed by atoms with Gasteiger partial charge >= 0.3 is 0 Å². The molecular formula is C13H15ClN4O. The number of hydrogen-bond acceptors (Lipinski definition) is 5. The van der Waals surface area contributed by atoms with Crippen LogP contribution in [0.5, 0.6) is 5.75 Å². The lowest BCUT2D eigenvalue weighted by Crippen LogP contribution is -2.29. The number of halogens is 1. The fourth-order valence-corrected chi connectivity index (χ4v) is 2.05. The maximum absolute atomic E-state index is 6.14. The average Bonchev–Trinajstić information content (AvgIpc) is 2.43. The van der Waals surface area contributed by atoms with Crippen molar-refractivity contribution in [1.82, 2.24) is 15.4 Å². The van der Waals surface area contributed by atoms with E-state index in [4.69, 9.17) is 22.2 Å². The van der Waals surface area contributed by atoms with Crippen LogP contribution in [-0.4, -0.2) is 16.6 Å². The van der Waals surface area contributed by atoms with Gasteiger partial charge in [0, 0.05) is 18.6 Å². The Labute approximate surface area is 116 Å². The minimum absolute atomic E-state index is 0.261. The van der Waals surface area contributed by atoms with Crippen LogP contribution in [0.1, 0.15) is 24.1 Å². The standard InChI is InChI=1S/C13H15ClN4O/c1-2-19-10-5-9(6-17-7-10)13(18-15)11-3-4-16-8-12(11)14/h3-8,13,18H,2,15H2,1H3. The molecule has 0 radical (unpaired) electrons. The van der Waals surface area contributed by atoms with Crippen LogP contribution in [0.3, 0.4) is 0 Å². The molecule has 0 amide bonds. The van der Waals surface area contributed by atoms with Crippen LogP contribution in [0.2, 0.25) is 5.02 Å². The first kappa shape index (κ1) is 13.7. The van der Waals surface area contributed by atoms with Crippen LogP contribution < -0.4 is 16.0 Å². The predicted octanol–water partition coefficient (Wildman–Crippen LogP) is 2.08. The summed E-state index contributed by atoms with van der Waals surface area (Å²) in [6.07, 6.45) is 6.64. The summed E-state index contributed by atoms with van der Waals surface area (Å²) >= 11 is 6.14. The first-order chi connectivity index (χ1) is 9.26. The van der Waals surface area contributed by atoms with Crippen molar-refractivity contribution < 1.29 is 4.74 Å².